The Kier molecular flexibility index (Phi) is 3.57. The first-order valence-electron chi connectivity index (χ1n) is 7.49. The zero-order chi connectivity index (χ0) is 15.0. The first-order valence-corrected chi connectivity index (χ1v) is 7.49. The van der Waals surface area contributed by atoms with Gasteiger partial charge in [0.15, 0.2) is 0 Å². The SMILES string of the molecule is Nc1ccc(C(=O)N2C(C(=O)O)CC3CCCCC32)cc1. The maximum absolute atomic E-state index is 12.7. The zero-order valence-corrected chi connectivity index (χ0v) is 11.9. The number of fused-ring (bicyclic) bond motifs is 1. The molecule has 0 spiro atoms. The summed E-state index contributed by atoms with van der Waals surface area (Å²) in [6.45, 7) is 0. The third-order valence-electron chi connectivity index (χ3n) is 4.77. The predicted molar refractivity (Wildman–Crippen MR) is 78.8 cm³/mol. The van der Waals surface area contributed by atoms with Crippen LogP contribution in [0.2, 0.25) is 0 Å². The number of nitrogens with zero attached hydrogens (tertiary/aromatic N) is 1. The standard InChI is InChI=1S/C16H20N2O3/c17-12-7-5-10(6-8-12)15(19)18-13-4-2-1-3-11(13)9-14(18)16(20)21/h5-8,11,13-14H,1-4,9,17H2,(H,20,21). The molecule has 2 aliphatic rings. The molecular weight excluding hydrogens is 268 g/mol. The summed E-state index contributed by atoms with van der Waals surface area (Å²) in [7, 11) is 0. The minimum Gasteiger partial charge on any atom is -0.480 e. The van der Waals surface area contributed by atoms with E-state index in [0.29, 0.717) is 23.6 Å². The third kappa shape index (κ3) is 2.48. The van der Waals surface area contributed by atoms with Crippen molar-refractivity contribution in [2.24, 2.45) is 5.92 Å². The number of rotatable bonds is 2. The summed E-state index contributed by atoms with van der Waals surface area (Å²) >= 11 is 0. The van der Waals surface area contributed by atoms with Crippen LogP contribution < -0.4 is 5.73 Å². The molecule has 0 radical (unpaired) electrons. The van der Waals surface area contributed by atoms with E-state index in [2.05, 4.69) is 0 Å². The first-order chi connectivity index (χ1) is 10.1. The molecule has 5 heteroatoms. The number of carboxylic acids is 1. The minimum absolute atomic E-state index is 0.0740. The highest BCUT2D eigenvalue weighted by molar-refractivity contribution is 5.97. The number of hydrogen-bond donors (Lipinski definition) is 2. The number of carboxylic acid groups (broad SMARTS) is 1. The number of anilines is 1. The van der Waals surface area contributed by atoms with Crippen molar-refractivity contribution < 1.29 is 14.7 Å². The highest BCUT2D eigenvalue weighted by Crippen LogP contribution is 2.40. The van der Waals surface area contributed by atoms with Gasteiger partial charge >= 0.3 is 5.97 Å². The van der Waals surface area contributed by atoms with Crippen molar-refractivity contribution >= 4 is 17.6 Å². The van der Waals surface area contributed by atoms with Crippen molar-refractivity contribution in [1.82, 2.24) is 4.90 Å². The summed E-state index contributed by atoms with van der Waals surface area (Å²) in [5.74, 6) is -0.748. The molecule has 1 saturated carbocycles. The molecule has 0 aromatic heterocycles. The van der Waals surface area contributed by atoms with Gasteiger partial charge < -0.3 is 15.7 Å². The van der Waals surface area contributed by atoms with E-state index >= 15 is 0 Å². The van der Waals surface area contributed by atoms with Crippen molar-refractivity contribution in [3.63, 3.8) is 0 Å². The molecule has 21 heavy (non-hydrogen) atoms. The molecule has 112 valence electrons. The Morgan fingerprint density at radius 3 is 2.48 bits per heavy atom. The number of hydrogen-bond acceptors (Lipinski definition) is 3. The quantitative estimate of drug-likeness (QED) is 0.817. The van der Waals surface area contributed by atoms with Crippen LogP contribution in [0.15, 0.2) is 24.3 Å². The summed E-state index contributed by atoms with van der Waals surface area (Å²) in [5.41, 5.74) is 6.75. The number of nitrogen functional groups attached to an aromatic ring is 1. The second-order valence-electron chi connectivity index (χ2n) is 6.04. The minimum atomic E-state index is -0.895. The lowest BCUT2D eigenvalue weighted by Crippen LogP contribution is -2.46. The number of amides is 1. The number of likely N-dealkylation sites (tertiary alicyclic amines) is 1. The molecule has 1 aliphatic heterocycles. The molecule has 1 aromatic rings. The fourth-order valence-corrected chi connectivity index (χ4v) is 3.75. The van der Waals surface area contributed by atoms with Crippen LogP contribution in [-0.2, 0) is 4.79 Å². The molecular formula is C16H20N2O3. The molecule has 3 atom stereocenters. The lowest BCUT2D eigenvalue weighted by molar-refractivity contribution is -0.141. The molecule has 2 fully saturated rings. The number of carbonyl (C=O) groups excluding carboxylic acids is 1. The number of nitrogens with two attached hydrogens (primary N) is 1. The lowest BCUT2D eigenvalue weighted by atomic mass is 9.84. The Morgan fingerprint density at radius 2 is 1.81 bits per heavy atom. The van der Waals surface area contributed by atoms with Crippen molar-refractivity contribution in [3.05, 3.63) is 29.8 Å². The van der Waals surface area contributed by atoms with Crippen molar-refractivity contribution in [2.75, 3.05) is 5.73 Å². The topological polar surface area (TPSA) is 83.6 Å². The van der Waals surface area contributed by atoms with E-state index in [1.807, 2.05) is 0 Å². The maximum Gasteiger partial charge on any atom is 0.326 e. The molecule has 1 saturated heterocycles. The number of aliphatic carboxylic acids is 1. The Bertz CT molecular complexity index is 555. The second kappa shape index (κ2) is 5.39. The molecule has 3 unspecified atom stereocenters. The Hall–Kier alpha value is -2.04. The molecule has 1 heterocycles. The first kappa shape index (κ1) is 13.9. The van der Waals surface area contributed by atoms with Gasteiger partial charge in [0, 0.05) is 17.3 Å². The number of carbonyl (C=O) groups is 2. The second-order valence-corrected chi connectivity index (χ2v) is 6.04. The van der Waals surface area contributed by atoms with Gasteiger partial charge in [0.05, 0.1) is 0 Å². The summed E-state index contributed by atoms with van der Waals surface area (Å²) in [6.07, 6.45) is 4.73. The van der Waals surface area contributed by atoms with Crippen LogP contribution in [0.5, 0.6) is 0 Å². The van der Waals surface area contributed by atoms with Gasteiger partial charge in [0.25, 0.3) is 5.91 Å². The van der Waals surface area contributed by atoms with E-state index in [0.717, 1.165) is 25.7 Å². The van der Waals surface area contributed by atoms with Crippen LogP contribution >= 0.6 is 0 Å². The van der Waals surface area contributed by atoms with Crippen LogP contribution in [0.1, 0.15) is 42.5 Å². The zero-order valence-electron chi connectivity index (χ0n) is 11.9. The van der Waals surface area contributed by atoms with Crippen molar-refractivity contribution in [1.29, 1.82) is 0 Å². The van der Waals surface area contributed by atoms with E-state index in [9.17, 15) is 14.7 Å². The fourth-order valence-electron chi connectivity index (χ4n) is 3.75. The summed E-state index contributed by atoms with van der Waals surface area (Å²) in [6, 6.07) is 6.09. The molecule has 5 nitrogen and oxygen atoms in total. The van der Waals surface area contributed by atoms with E-state index in [1.165, 1.54) is 0 Å². The molecule has 1 amide bonds. The Morgan fingerprint density at radius 1 is 1.14 bits per heavy atom. The van der Waals surface area contributed by atoms with E-state index in [4.69, 9.17) is 5.73 Å². The Labute approximate surface area is 123 Å². The average molecular weight is 288 g/mol. The average Bonchev–Trinajstić information content (AvgIpc) is 2.87. The van der Waals surface area contributed by atoms with Crippen LogP contribution in [-0.4, -0.2) is 34.0 Å². The predicted octanol–water partition coefficient (Wildman–Crippen LogP) is 2.13. The normalized spacial score (nSPS) is 28.2. The van der Waals surface area contributed by atoms with Crippen molar-refractivity contribution in [2.45, 2.75) is 44.2 Å². The molecule has 1 aromatic carbocycles. The van der Waals surface area contributed by atoms with E-state index in [1.54, 1.807) is 29.2 Å². The van der Waals surface area contributed by atoms with Gasteiger partial charge in [-0.25, -0.2) is 4.79 Å². The molecule has 3 N–H and O–H groups in total. The van der Waals surface area contributed by atoms with Gasteiger partial charge in [-0.3, -0.25) is 4.79 Å². The molecule has 0 bridgehead atoms. The van der Waals surface area contributed by atoms with Crippen LogP contribution in [0.4, 0.5) is 5.69 Å². The number of benzene rings is 1. The lowest BCUT2D eigenvalue weighted by Gasteiger charge is -2.33. The monoisotopic (exact) mass is 288 g/mol. The summed E-state index contributed by atoms with van der Waals surface area (Å²) < 4.78 is 0. The van der Waals surface area contributed by atoms with Gasteiger partial charge in [0.1, 0.15) is 6.04 Å². The van der Waals surface area contributed by atoms with Gasteiger partial charge in [-0.05, 0) is 49.4 Å². The van der Waals surface area contributed by atoms with Gasteiger partial charge in [-0.1, -0.05) is 12.8 Å². The van der Waals surface area contributed by atoms with Crippen LogP contribution in [0, 0.1) is 5.92 Å². The largest absolute Gasteiger partial charge is 0.480 e. The van der Waals surface area contributed by atoms with Gasteiger partial charge in [-0.15, -0.1) is 0 Å². The van der Waals surface area contributed by atoms with Gasteiger partial charge in [-0.2, -0.15) is 0 Å². The Balaban J connectivity index is 1.90. The molecule has 3 rings (SSSR count). The molecule has 1 aliphatic carbocycles. The van der Waals surface area contributed by atoms with E-state index < -0.39 is 12.0 Å². The smallest absolute Gasteiger partial charge is 0.326 e. The summed E-state index contributed by atoms with van der Waals surface area (Å²) in [4.78, 5) is 25.9. The van der Waals surface area contributed by atoms with Gasteiger partial charge in [0.2, 0.25) is 0 Å². The fraction of sp³-hybridized carbons (Fsp3) is 0.500. The van der Waals surface area contributed by atoms with Crippen LogP contribution in [0.3, 0.4) is 0 Å². The van der Waals surface area contributed by atoms with E-state index in [-0.39, 0.29) is 11.9 Å². The van der Waals surface area contributed by atoms with Crippen LogP contribution in [0.25, 0.3) is 0 Å². The third-order valence-corrected chi connectivity index (χ3v) is 4.77. The summed E-state index contributed by atoms with van der Waals surface area (Å²) in [5, 5.41) is 9.46. The highest BCUT2D eigenvalue weighted by atomic mass is 16.4. The maximum atomic E-state index is 12.7. The van der Waals surface area contributed by atoms with Crippen molar-refractivity contribution in [3.8, 4) is 0 Å². The highest BCUT2D eigenvalue weighted by Gasteiger charge is 2.47.